The van der Waals surface area contributed by atoms with Crippen LogP contribution in [0, 0.1) is 3.57 Å². The molecule has 9 N–H and O–H groups in total. The summed E-state index contributed by atoms with van der Waals surface area (Å²) in [5.74, 6) is -5.55. The average Bonchev–Trinajstić information content (AvgIpc) is 3.26. The number of esters is 3. The van der Waals surface area contributed by atoms with Gasteiger partial charge in [0, 0.05) is 23.0 Å². The van der Waals surface area contributed by atoms with Gasteiger partial charge in [0.05, 0.1) is 0 Å². The Morgan fingerprint density at radius 2 is 0.857 bits per heavy atom. The SMILES string of the molecule is C.C.CC(C)(C)OC(=O)CC[C@H](NC(=O)N[C@@H](CCCCNCc1cc[c]([Sn]([CH3])([CH3])[CH3])cc1)C(=O)OC(C)(C)C)C(=O)OC(C)(C)C.O=C(O)CC[C@H](NC(=O)N[C@@H](CCCCNCc1ccc(I)cc1)C(=O)O)C(=O)O. The van der Waals surface area contributed by atoms with Crippen molar-refractivity contribution in [2.45, 2.75) is 210 Å². The van der Waals surface area contributed by atoms with Crippen molar-refractivity contribution in [1.82, 2.24) is 31.9 Å². The van der Waals surface area contributed by atoms with Gasteiger partial charge in [0.15, 0.2) is 0 Å². The first-order chi connectivity index (χ1) is 34.6. The number of rotatable bonds is 29. The molecule has 4 amide bonds. The first-order valence-corrected chi connectivity index (χ1v) is 36.4. The van der Waals surface area contributed by atoms with Gasteiger partial charge in [0.2, 0.25) is 0 Å². The Labute approximate surface area is 475 Å². The van der Waals surface area contributed by atoms with Crippen LogP contribution < -0.4 is 35.5 Å². The monoisotopic (exact) mass is 1310 g/mol. The molecule has 0 aliphatic heterocycles. The Hall–Kier alpha value is -4.75. The van der Waals surface area contributed by atoms with E-state index in [2.05, 4.69) is 93.6 Å². The molecule has 438 valence electrons. The van der Waals surface area contributed by atoms with Gasteiger partial charge in [0.25, 0.3) is 0 Å². The number of urea groups is 2. The molecule has 22 heteroatoms. The van der Waals surface area contributed by atoms with Gasteiger partial charge in [-0.15, -0.1) is 0 Å². The number of halogens is 1. The number of amides is 4. The molecule has 77 heavy (non-hydrogen) atoms. The van der Waals surface area contributed by atoms with Crippen LogP contribution in [0.3, 0.4) is 0 Å². The maximum absolute atomic E-state index is 13.1. The molecule has 0 unspecified atom stereocenters. The fourth-order valence-electron chi connectivity index (χ4n) is 6.78. The normalized spacial score (nSPS) is 12.9. The number of carbonyl (C=O) groups is 8. The van der Waals surface area contributed by atoms with Gasteiger partial charge in [-0.25, -0.2) is 28.8 Å². The van der Waals surface area contributed by atoms with E-state index in [9.17, 15) is 43.5 Å². The quantitative estimate of drug-likeness (QED) is 0.0122. The Morgan fingerprint density at radius 1 is 0.506 bits per heavy atom. The Bertz CT molecular complexity index is 2140. The number of carbonyl (C=O) groups excluding carboxylic acids is 5. The van der Waals surface area contributed by atoms with Crippen molar-refractivity contribution in [2.24, 2.45) is 0 Å². The number of carboxylic acids is 3. The smallest absolute Gasteiger partial charge is 0.481 e. The number of unbranched alkanes of at least 4 members (excludes halogenated alkanes) is 2. The molecule has 0 spiro atoms. The molecule has 0 bridgehead atoms. The van der Waals surface area contributed by atoms with Crippen molar-refractivity contribution >= 4 is 92.4 Å². The number of hydrogen-bond donors (Lipinski definition) is 9. The number of nitrogens with one attached hydrogen (secondary N) is 6. The maximum atomic E-state index is 13.1. The first kappa shape index (κ1) is 74.3. The molecular weight excluding hydrogens is 1210 g/mol. The van der Waals surface area contributed by atoms with Crippen LogP contribution in [-0.4, -0.2) is 136 Å². The molecule has 4 atom stereocenters. The number of ether oxygens (including phenoxy) is 3. The summed E-state index contributed by atoms with van der Waals surface area (Å²) in [6.45, 7) is 18.6. The van der Waals surface area contributed by atoms with Crippen molar-refractivity contribution < 1.29 is 67.9 Å². The third-order valence-electron chi connectivity index (χ3n) is 10.5. The zero-order chi connectivity index (χ0) is 57.2. The molecule has 0 saturated carbocycles. The summed E-state index contributed by atoms with van der Waals surface area (Å²) in [7, 11) is 0. The summed E-state index contributed by atoms with van der Waals surface area (Å²) in [6.07, 6.45) is 2.35. The van der Waals surface area contributed by atoms with Gasteiger partial charge in [-0.2, -0.15) is 0 Å². The van der Waals surface area contributed by atoms with E-state index in [1.807, 2.05) is 24.3 Å². The summed E-state index contributed by atoms with van der Waals surface area (Å²) < 4.78 is 19.0. The second-order valence-corrected chi connectivity index (χ2v) is 37.9. The van der Waals surface area contributed by atoms with Gasteiger partial charge in [-0.3, -0.25) is 9.59 Å². The molecule has 20 nitrogen and oxygen atoms in total. The van der Waals surface area contributed by atoms with Crippen molar-refractivity contribution in [3.63, 3.8) is 0 Å². The second-order valence-electron chi connectivity index (χ2n) is 22.2. The fraction of sp³-hybridized carbons (Fsp3) is 0.636. The van der Waals surface area contributed by atoms with E-state index in [1.54, 1.807) is 62.3 Å². The second kappa shape index (κ2) is 36.4. The molecule has 2 aromatic rings. The molecule has 2 rings (SSSR count). The van der Waals surface area contributed by atoms with E-state index < -0.39 is 114 Å². The van der Waals surface area contributed by atoms with Crippen molar-refractivity contribution in [2.75, 3.05) is 13.1 Å². The predicted octanol–water partition coefficient (Wildman–Crippen LogP) is 8.23. The van der Waals surface area contributed by atoms with E-state index in [4.69, 9.17) is 24.4 Å². The molecule has 0 fully saturated rings. The number of aliphatic carboxylic acids is 3. The fourth-order valence-corrected chi connectivity index (χ4v) is 10.5. The first-order valence-electron chi connectivity index (χ1n) is 25.4. The van der Waals surface area contributed by atoms with Crippen molar-refractivity contribution in [3.05, 3.63) is 63.2 Å². The predicted molar refractivity (Wildman–Crippen MR) is 311 cm³/mol. The van der Waals surface area contributed by atoms with E-state index in [0.29, 0.717) is 38.8 Å². The number of benzene rings is 2. The van der Waals surface area contributed by atoms with Crippen LogP contribution in [0.4, 0.5) is 9.59 Å². The topological polar surface area (TPSA) is 297 Å². The summed E-state index contributed by atoms with van der Waals surface area (Å²) in [5, 5.41) is 43.3. The summed E-state index contributed by atoms with van der Waals surface area (Å²) in [6, 6.07) is 10.6. The van der Waals surface area contributed by atoms with Crippen LogP contribution in [0.5, 0.6) is 0 Å². The van der Waals surface area contributed by atoms with E-state index in [0.717, 1.165) is 28.6 Å². The average molecular weight is 1310 g/mol. The standard InChI is InChI=1S/C31H50N3O7.C19H26IN3O7.2CH4.3CH3.Sn/c1-29(2,3)39-25(35)19-18-24(27(37)41-31(7,8)9)34-28(38)33-23(26(36)40-30(4,5)6)17-13-14-20-32-21-22-15-11-10-12-16-22;20-13-6-4-12(5-7-13)11-21-10-2-1-3-14(17(26)27)22-19(30)23-15(18(28)29)8-9-16(24)25;;;;;;/h11-12,15-16,23-24,32H,13-14,17-21H2,1-9H3,(H2,33,34,38);4-7,14-15,21H,1-3,8-11H2,(H,24,25)(H,26,27)(H,28,29)(H2,22,23,30);2*1H4;3*1H3;/t23-,24-;14-,15-;;;;;;/m00....../s1. The third-order valence-corrected chi connectivity index (χ3v) is 17.1. The van der Waals surface area contributed by atoms with Crippen LogP contribution in [0.25, 0.3) is 0 Å². The summed E-state index contributed by atoms with van der Waals surface area (Å²) >= 11 is 0.168. The van der Waals surface area contributed by atoms with Crippen molar-refractivity contribution in [1.29, 1.82) is 0 Å². The molecule has 2 aromatic carbocycles. The van der Waals surface area contributed by atoms with Crippen LogP contribution >= 0.6 is 22.6 Å². The summed E-state index contributed by atoms with van der Waals surface area (Å²) in [4.78, 5) is 103. The Balaban J connectivity index is 0. The zero-order valence-electron chi connectivity index (χ0n) is 46.0. The number of carboxylic acid groups (broad SMARTS) is 3. The van der Waals surface area contributed by atoms with Crippen LogP contribution in [0.2, 0.25) is 14.8 Å². The number of hydrogen-bond acceptors (Lipinski definition) is 13. The molecule has 0 radical (unpaired) electrons. The van der Waals surface area contributed by atoms with Gasteiger partial charge >= 0.3 is 164 Å². The minimum atomic E-state index is -2.06. The van der Waals surface area contributed by atoms with Gasteiger partial charge in [0.1, 0.15) is 34.9 Å². The van der Waals surface area contributed by atoms with Crippen LogP contribution in [0.1, 0.15) is 153 Å². The zero-order valence-corrected chi connectivity index (χ0v) is 51.0. The molecule has 0 aromatic heterocycles. The van der Waals surface area contributed by atoms with Crippen LogP contribution in [-0.2, 0) is 56.1 Å². The molecule has 0 aliphatic carbocycles. The third kappa shape index (κ3) is 36.9. The Kier molecular flexibility index (Phi) is 35.2. The van der Waals surface area contributed by atoms with Crippen LogP contribution in [0.15, 0.2) is 48.5 Å². The molecule has 0 saturated heterocycles. The van der Waals surface area contributed by atoms with Gasteiger partial charge in [-0.05, 0) is 141 Å². The minimum absolute atomic E-state index is 0. The van der Waals surface area contributed by atoms with E-state index in [1.165, 1.54) is 9.14 Å². The summed E-state index contributed by atoms with van der Waals surface area (Å²) in [5.41, 5.74) is 0.149. The van der Waals surface area contributed by atoms with E-state index >= 15 is 0 Å². The van der Waals surface area contributed by atoms with Gasteiger partial charge in [-0.1, -0.05) is 27.0 Å². The molecule has 0 heterocycles. The van der Waals surface area contributed by atoms with Gasteiger partial charge < -0.3 is 50.8 Å². The minimum Gasteiger partial charge on any atom is -0.481 e. The molecule has 0 aliphatic rings. The van der Waals surface area contributed by atoms with E-state index in [-0.39, 0.29) is 40.5 Å². The Morgan fingerprint density at radius 3 is 1.23 bits per heavy atom. The molecular formula is C55H93IN6O14Sn. The van der Waals surface area contributed by atoms with Crippen molar-refractivity contribution in [3.8, 4) is 0 Å².